The zero-order valence-corrected chi connectivity index (χ0v) is 12.1. The predicted octanol–water partition coefficient (Wildman–Crippen LogP) is 2.40. The average molecular weight is 266 g/mol. The number of nitrogens with one attached hydrogen (secondary N) is 1. The van der Waals surface area contributed by atoms with Crippen LogP contribution in [0.4, 0.5) is 0 Å². The molecule has 100 valence electrons. The van der Waals surface area contributed by atoms with Crippen LogP contribution in [0.1, 0.15) is 29.1 Å². The normalized spacial score (nSPS) is 32.0. The van der Waals surface area contributed by atoms with Crippen LogP contribution in [0.5, 0.6) is 0 Å². The minimum Gasteiger partial charge on any atom is -0.377 e. The Labute approximate surface area is 113 Å². The van der Waals surface area contributed by atoms with Crippen LogP contribution in [0.25, 0.3) is 0 Å². The van der Waals surface area contributed by atoms with Crippen LogP contribution in [0, 0.1) is 18.3 Å². The lowest BCUT2D eigenvalue weighted by Crippen LogP contribution is -2.42. The van der Waals surface area contributed by atoms with Gasteiger partial charge in [-0.15, -0.1) is 11.3 Å². The standard InChI is InChI=1S/C14H22N2OS/c1-10-16-8-12(18-10)7-14(9-15-2)5-6-17-13(14)11-3-4-11/h8,11,13,15H,3-7,9H2,1-2H3. The molecular weight excluding hydrogens is 244 g/mol. The molecule has 2 unspecified atom stereocenters. The second kappa shape index (κ2) is 4.91. The Kier molecular flexibility index (Phi) is 3.43. The minimum atomic E-state index is 0.300. The van der Waals surface area contributed by atoms with Gasteiger partial charge < -0.3 is 10.1 Å². The summed E-state index contributed by atoms with van der Waals surface area (Å²) in [6.45, 7) is 4.08. The molecular formula is C14H22N2OS. The Morgan fingerprint density at radius 3 is 3.00 bits per heavy atom. The first-order valence-corrected chi connectivity index (χ1v) is 7.73. The van der Waals surface area contributed by atoms with Crippen molar-refractivity contribution in [1.29, 1.82) is 0 Å². The quantitative estimate of drug-likeness (QED) is 0.888. The van der Waals surface area contributed by atoms with Crippen molar-refractivity contribution in [1.82, 2.24) is 10.3 Å². The maximum Gasteiger partial charge on any atom is 0.0896 e. The zero-order valence-electron chi connectivity index (χ0n) is 11.2. The van der Waals surface area contributed by atoms with Gasteiger partial charge in [-0.3, -0.25) is 0 Å². The highest BCUT2D eigenvalue weighted by molar-refractivity contribution is 7.11. The number of hydrogen-bond donors (Lipinski definition) is 1. The molecule has 0 bridgehead atoms. The largest absolute Gasteiger partial charge is 0.377 e. The van der Waals surface area contributed by atoms with Crippen molar-refractivity contribution in [2.75, 3.05) is 20.2 Å². The fourth-order valence-corrected chi connectivity index (χ4v) is 4.32. The second-order valence-electron chi connectivity index (χ2n) is 5.79. The molecule has 0 spiro atoms. The summed E-state index contributed by atoms with van der Waals surface area (Å²) in [5, 5.41) is 4.57. The van der Waals surface area contributed by atoms with E-state index in [1.807, 2.05) is 11.3 Å². The molecule has 1 aliphatic carbocycles. The van der Waals surface area contributed by atoms with Gasteiger partial charge in [-0.1, -0.05) is 0 Å². The van der Waals surface area contributed by atoms with E-state index in [2.05, 4.69) is 30.5 Å². The molecule has 3 rings (SSSR count). The fourth-order valence-electron chi connectivity index (χ4n) is 3.37. The molecule has 2 heterocycles. The van der Waals surface area contributed by atoms with Gasteiger partial charge in [0.05, 0.1) is 11.1 Å². The third-order valence-corrected chi connectivity index (χ3v) is 5.19. The maximum atomic E-state index is 6.07. The summed E-state index contributed by atoms with van der Waals surface area (Å²) in [5.41, 5.74) is 0.300. The summed E-state index contributed by atoms with van der Waals surface area (Å²) in [7, 11) is 2.06. The predicted molar refractivity (Wildman–Crippen MR) is 74.0 cm³/mol. The molecule has 4 heteroatoms. The van der Waals surface area contributed by atoms with E-state index in [1.54, 1.807) is 0 Å². The molecule has 18 heavy (non-hydrogen) atoms. The van der Waals surface area contributed by atoms with Crippen molar-refractivity contribution in [3.05, 3.63) is 16.1 Å². The average Bonchev–Trinajstić information content (AvgIpc) is 2.98. The van der Waals surface area contributed by atoms with Gasteiger partial charge in [-0.05, 0) is 45.6 Å². The van der Waals surface area contributed by atoms with Gasteiger partial charge in [0.15, 0.2) is 0 Å². The Morgan fingerprint density at radius 1 is 1.56 bits per heavy atom. The van der Waals surface area contributed by atoms with E-state index in [0.29, 0.717) is 11.5 Å². The van der Waals surface area contributed by atoms with Gasteiger partial charge in [0.2, 0.25) is 0 Å². The summed E-state index contributed by atoms with van der Waals surface area (Å²) in [5.74, 6) is 0.815. The highest BCUT2D eigenvalue weighted by Crippen LogP contribution is 2.49. The van der Waals surface area contributed by atoms with E-state index in [9.17, 15) is 0 Å². The first-order chi connectivity index (χ1) is 8.73. The molecule has 2 aliphatic rings. The summed E-state index contributed by atoms with van der Waals surface area (Å²) in [6, 6.07) is 0. The van der Waals surface area contributed by atoms with Crippen LogP contribution < -0.4 is 5.32 Å². The first kappa shape index (κ1) is 12.6. The molecule has 1 N–H and O–H groups in total. The first-order valence-electron chi connectivity index (χ1n) is 6.91. The second-order valence-corrected chi connectivity index (χ2v) is 7.11. The Hall–Kier alpha value is -0.450. The molecule has 2 atom stereocenters. The third kappa shape index (κ3) is 2.33. The number of thiazole rings is 1. The number of hydrogen-bond acceptors (Lipinski definition) is 4. The van der Waals surface area contributed by atoms with Crippen molar-refractivity contribution in [3.63, 3.8) is 0 Å². The van der Waals surface area contributed by atoms with Crippen molar-refractivity contribution in [2.45, 2.75) is 38.7 Å². The Balaban J connectivity index is 1.81. The van der Waals surface area contributed by atoms with E-state index in [4.69, 9.17) is 4.74 Å². The summed E-state index contributed by atoms with van der Waals surface area (Å²) in [4.78, 5) is 5.81. The topological polar surface area (TPSA) is 34.2 Å². The van der Waals surface area contributed by atoms with Gasteiger partial charge in [0.1, 0.15) is 0 Å². The van der Waals surface area contributed by atoms with Gasteiger partial charge >= 0.3 is 0 Å². The summed E-state index contributed by atoms with van der Waals surface area (Å²) in [6.07, 6.45) is 7.55. The monoisotopic (exact) mass is 266 g/mol. The van der Waals surface area contributed by atoms with Crippen LogP contribution in [-0.2, 0) is 11.2 Å². The van der Waals surface area contributed by atoms with Crippen molar-refractivity contribution < 1.29 is 4.74 Å². The molecule has 3 nitrogen and oxygen atoms in total. The van der Waals surface area contributed by atoms with Crippen LogP contribution >= 0.6 is 11.3 Å². The van der Waals surface area contributed by atoms with Crippen molar-refractivity contribution >= 4 is 11.3 Å². The zero-order chi connectivity index (χ0) is 12.6. The molecule has 0 radical (unpaired) electrons. The highest BCUT2D eigenvalue weighted by Gasteiger charge is 2.50. The molecule has 1 aliphatic heterocycles. The Bertz CT molecular complexity index is 416. The molecule has 1 aromatic rings. The number of aryl methyl sites for hydroxylation is 1. The number of nitrogens with zero attached hydrogens (tertiary/aromatic N) is 1. The van der Waals surface area contributed by atoms with Gasteiger partial charge in [-0.2, -0.15) is 0 Å². The van der Waals surface area contributed by atoms with Crippen LogP contribution in [-0.4, -0.2) is 31.3 Å². The number of aromatic nitrogens is 1. The molecule has 2 fully saturated rings. The van der Waals surface area contributed by atoms with Gasteiger partial charge in [0.25, 0.3) is 0 Å². The van der Waals surface area contributed by atoms with Crippen LogP contribution in [0.2, 0.25) is 0 Å². The third-order valence-electron chi connectivity index (χ3n) is 4.28. The van der Waals surface area contributed by atoms with E-state index < -0.39 is 0 Å². The Morgan fingerprint density at radius 2 is 2.39 bits per heavy atom. The molecule has 1 aromatic heterocycles. The minimum absolute atomic E-state index is 0.300. The lowest BCUT2D eigenvalue weighted by atomic mass is 9.75. The summed E-state index contributed by atoms with van der Waals surface area (Å²) < 4.78 is 6.07. The molecule has 1 saturated heterocycles. The van der Waals surface area contributed by atoms with E-state index in [0.717, 1.165) is 25.5 Å². The molecule has 0 amide bonds. The molecule has 0 aromatic carbocycles. The van der Waals surface area contributed by atoms with Crippen molar-refractivity contribution in [3.8, 4) is 0 Å². The fraction of sp³-hybridized carbons (Fsp3) is 0.786. The van der Waals surface area contributed by atoms with E-state index in [1.165, 1.54) is 29.1 Å². The number of ether oxygens (including phenoxy) is 1. The lowest BCUT2D eigenvalue weighted by molar-refractivity contribution is 0.0318. The van der Waals surface area contributed by atoms with E-state index in [-0.39, 0.29) is 0 Å². The van der Waals surface area contributed by atoms with Gasteiger partial charge in [0, 0.05) is 29.6 Å². The van der Waals surface area contributed by atoms with Gasteiger partial charge in [-0.25, -0.2) is 4.98 Å². The molecule has 1 saturated carbocycles. The SMILES string of the molecule is CNCC1(Cc2cnc(C)s2)CCOC1C1CC1. The van der Waals surface area contributed by atoms with E-state index >= 15 is 0 Å². The highest BCUT2D eigenvalue weighted by atomic mass is 32.1. The lowest BCUT2D eigenvalue weighted by Gasteiger charge is -2.34. The van der Waals surface area contributed by atoms with Crippen LogP contribution in [0.15, 0.2) is 6.20 Å². The van der Waals surface area contributed by atoms with Crippen molar-refractivity contribution in [2.24, 2.45) is 11.3 Å². The van der Waals surface area contributed by atoms with Crippen LogP contribution in [0.3, 0.4) is 0 Å². The smallest absolute Gasteiger partial charge is 0.0896 e. The summed E-state index contributed by atoms with van der Waals surface area (Å²) >= 11 is 1.84. The maximum absolute atomic E-state index is 6.07. The number of rotatable bonds is 5.